The van der Waals surface area contributed by atoms with Gasteiger partial charge in [-0.1, -0.05) is 38.7 Å². The zero-order chi connectivity index (χ0) is 14.8. The molecule has 0 saturated heterocycles. The van der Waals surface area contributed by atoms with E-state index in [0.717, 1.165) is 12.0 Å². The summed E-state index contributed by atoms with van der Waals surface area (Å²) in [7, 11) is 1.57. The molecule has 0 spiro atoms. The van der Waals surface area contributed by atoms with Crippen molar-refractivity contribution in [2.75, 3.05) is 7.11 Å². The number of nitriles is 1. The van der Waals surface area contributed by atoms with Crippen LogP contribution in [0.15, 0.2) is 18.2 Å². The highest BCUT2D eigenvalue weighted by Gasteiger charge is 2.06. The van der Waals surface area contributed by atoms with Gasteiger partial charge < -0.3 is 9.47 Å². The molecule has 0 aliphatic carbocycles. The molecule has 20 heavy (non-hydrogen) atoms. The normalized spacial score (nSPS) is 11.9. The van der Waals surface area contributed by atoms with Gasteiger partial charge in [-0.3, -0.25) is 0 Å². The molecule has 1 aromatic rings. The van der Waals surface area contributed by atoms with Gasteiger partial charge in [0.15, 0.2) is 0 Å². The van der Waals surface area contributed by atoms with Crippen LogP contribution in [0.1, 0.15) is 57.1 Å². The second-order valence-electron chi connectivity index (χ2n) is 5.12. The minimum Gasteiger partial charge on any atom is -0.495 e. The van der Waals surface area contributed by atoms with Crippen molar-refractivity contribution >= 4 is 0 Å². The second kappa shape index (κ2) is 9.39. The summed E-state index contributed by atoms with van der Waals surface area (Å²) in [6.45, 7) is 4.88. The van der Waals surface area contributed by atoms with Crippen LogP contribution in [0.3, 0.4) is 0 Å². The zero-order valence-electron chi connectivity index (χ0n) is 12.8. The van der Waals surface area contributed by atoms with Crippen LogP contribution in [-0.2, 0) is 11.3 Å². The van der Waals surface area contributed by atoms with Crippen LogP contribution < -0.4 is 4.74 Å². The number of ether oxygens (including phenoxy) is 2. The predicted molar refractivity (Wildman–Crippen MR) is 80.7 cm³/mol. The Morgan fingerprint density at radius 1 is 1.25 bits per heavy atom. The highest BCUT2D eigenvalue weighted by molar-refractivity contribution is 5.45. The predicted octanol–water partition coefficient (Wildman–Crippen LogP) is 4.44. The van der Waals surface area contributed by atoms with Crippen LogP contribution in [-0.4, -0.2) is 13.2 Å². The number of unbranched alkanes of at least 4 members (excludes halogenated alkanes) is 3. The van der Waals surface area contributed by atoms with Gasteiger partial charge in [0.05, 0.1) is 25.4 Å². The van der Waals surface area contributed by atoms with Gasteiger partial charge in [-0.05, 0) is 31.0 Å². The van der Waals surface area contributed by atoms with Crippen molar-refractivity contribution in [3.05, 3.63) is 29.3 Å². The SMILES string of the molecule is CCCCCCC(C)OCc1ccc(OC)c(C#N)c1. The molecule has 0 bridgehead atoms. The van der Waals surface area contributed by atoms with Crippen molar-refractivity contribution in [3.8, 4) is 11.8 Å². The number of methoxy groups -OCH3 is 1. The third-order valence-corrected chi connectivity index (χ3v) is 3.38. The largest absolute Gasteiger partial charge is 0.495 e. The van der Waals surface area contributed by atoms with E-state index in [1.807, 2.05) is 18.2 Å². The average Bonchev–Trinajstić information content (AvgIpc) is 2.49. The van der Waals surface area contributed by atoms with Crippen molar-refractivity contribution in [1.29, 1.82) is 5.26 Å². The first-order valence-corrected chi connectivity index (χ1v) is 7.39. The summed E-state index contributed by atoms with van der Waals surface area (Å²) < 4.78 is 11.0. The highest BCUT2D eigenvalue weighted by Crippen LogP contribution is 2.20. The Bertz CT molecular complexity index is 437. The topological polar surface area (TPSA) is 42.2 Å². The lowest BCUT2D eigenvalue weighted by atomic mass is 10.1. The summed E-state index contributed by atoms with van der Waals surface area (Å²) >= 11 is 0. The molecule has 0 aliphatic heterocycles. The van der Waals surface area contributed by atoms with E-state index in [2.05, 4.69) is 19.9 Å². The van der Waals surface area contributed by atoms with Gasteiger partial charge in [0.1, 0.15) is 11.8 Å². The van der Waals surface area contributed by atoms with E-state index in [1.165, 1.54) is 25.7 Å². The maximum Gasteiger partial charge on any atom is 0.136 e. The molecule has 0 saturated carbocycles. The van der Waals surface area contributed by atoms with Crippen molar-refractivity contribution in [3.63, 3.8) is 0 Å². The summed E-state index contributed by atoms with van der Waals surface area (Å²) in [6, 6.07) is 7.75. The van der Waals surface area contributed by atoms with Crippen LogP contribution in [0.25, 0.3) is 0 Å². The molecule has 0 radical (unpaired) electrons. The zero-order valence-corrected chi connectivity index (χ0v) is 12.8. The Morgan fingerprint density at radius 3 is 2.70 bits per heavy atom. The molecule has 0 N–H and O–H groups in total. The van der Waals surface area contributed by atoms with Crippen LogP contribution in [0.2, 0.25) is 0 Å². The number of rotatable bonds is 9. The molecular weight excluding hydrogens is 250 g/mol. The van der Waals surface area contributed by atoms with Gasteiger partial charge in [-0.2, -0.15) is 5.26 Å². The lowest BCUT2D eigenvalue weighted by Gasteiger charge is -2.13. The lowest BCUT2D eigenvalue weighted by molar-refractivity contribution is 0.0459. The van der Waals surface area contributed by atoms with E-state index in [9.17, 15) is 0 Å². The first-order valence-electron chi connectivity index (χ1n) is 7.39. The third-order valence-electron chi connectivity index (χ3n) is 3.38. The smallest absolute Gasteiger partial charge is 0.136 e. The molecule has 0 aromatic heterocycles. The molecule has 3 heteroatoms. The lowest BCUT2D eigenvalue weighted by Crippen LogP contribution is -2.08. The number of benzene rings is 1. The molecule has 0 heterocycles. The van der Waals surface area contributed by atoms with Crippen LogP contribution in [0, 0.1) is 11.3 Å². The third kappa shape index (κ3) is 5.63. The quantitative estimate of drug-likeness (QED) is 0.625. The number of hydrogen-bond donors (Lipinski definition) is 0. The first-order chi connectivity index (χ1) is 9.71. The second-order valence-corrected chi connectivity index (χ2v) is 5.12. The Hall–Kier alpha value is -1.53. The molecule has 1 rings (SSSR count). The number of nitrogens with zero attached hydrogens (tertiary/aromatic N) is 1. The van der Waals surface area contributed by atoms with Crippen molar-refractivity contribution in [2.45, 2.75) is 58.7 Å². The first kappa shape index (κ1) is 16.5. The highest BCUT2D eigenvalue weighted by atomic mass is 16.5. The summed E-state index contributed by atoms with van der Waals surface area (Å²) in [5, 5.41) is 9.05. The fourth-order valence-electron chi connectivity index (χ4n) is 2.11. The number of hydrogen-bond acceptors (Lipinski definition) is 3. The monoisotopic (exact) mass is 275 g/mol. The van der Waals surface area contributed by atoms with E-state index in [1.54, 1.807) is 7.11 Å². The van der Waals surface area contributed by atoms with E-state index in [0.29, 0.717) is 17.9 Å². The summed E-state index contributed by atoms with van der Waals surface area (Å²) in [4.78, 5) is 0. The molecule has 110 valence electrons. The van der Waals surface area contributed by atoms with Crippen molar-refractivity contribution in [1.82, 2.24) is 0 Å². The average molecular weight is 275 g/mol. The van der Waals surface area contributed by atoms with Crippen LogP contribution in [0.5, 0.6) is 5.75 Å². The van der Waals surface area contributed by atoms with Gasteiger partial charge >= 0.3 is 0 Å². The van der Waals surface area contributed by atoms with Crippen molar-refractivity contribution < 1.29 is 9.47 Å². The van der Waals surface area contributed by atoms with E-state index >= 15 is 0 Å². The minimum atomic E-state index is 0.263. The van der Waals surface area contributed by atoms with Gasteiger partial charge in [-0.25, -0.2) is 0 Å². The van der Waals surface area contributed by atoms with Crippen LogP contribution in [0.4, 0.5) is 0 Å². The van der Waals surface area contributed by atoms with E-state index in [-0.39, 0.29) is 6.10 Å². The van der Waals surface area contributed by atoms with Crippen molar-refractivity contribution in [2.24, 2.45) is 0 Å². The summed E-state index contributed by atoms with van der Waals surface area (Å²) in [5.41, 5.74) is 1.58. The molecule has 1 atom stereocenters. The Kier molecular flexibility index (Phi) is 7.75. The molecule has 0 fully saturated rings. The molecule has 0 aliphatic rings. The van der Waals surface area contributed by atoms with E-state index in [4.69, 9.17) is 14.7 Å². The van der Waals surface area contributed by atoms with Gasteiger partial charge in [-0.15, -0.1) is 0 Å². The van der Waals surface area contributed by atoms with Gasteiger partial charge in [0, 0.05) is 0 Å². The molecule has 3 nitrogen and oxygen atoms in total. The Balaban J connectivity index is 2.40. The molecule has 1 aromatic carbocycles. The maximum atomic E-state index is 9.05. The van der Waals surface area contributed by atoms with E-state index < -0.39 is 0 Å². The Morgan fingerprint density at radius 2 is 2.05 bits per heavy atom. The fourth-order valence-corrected chi connectivity index (χ4v) is 2.11. The molecule has 0 amide bonds. The summed E-state index contributed by atoms with van der Waals surface area (Å²) in [5.74, 6) is 0.615. The minimum absolute atomic E-state index is 0.263. The standard InChI is InChI=1S/C17H25NO2/c1-4-5-6-7-8-14(2)20-13-15-9-10-17(19-3)16(11-15)12-18/h9-11,14H,4-8,13H2,1-3H3. The fraction of sp³-hybridized carbons (Fsp3) is 0.588. The van der Waals surface area contributed by atoms with Gasteiger partial charge in [0.25, 0.3) is 0 Å². The summed E-state index contributed by atoms with van der Waals surface area (Å²) in [6.07, 6.45) is 6.43. The Labute approximate surface area is 122 Å². The molecule has 1 unspecified atom stereocenters. The maximum absolute atomic E-state index is 9.05. The van der Waals surface area contributed by atoms with Gasteiger partial charge in [0.2, 0.25) is 0 Å². The van der Waals surface area contributed by atoms with Crippen LogP contribution >= 0.6 is 0 Å². The molecular formula is C17H25NO2.